The fourth-order valence-corrected chi connectivity index (χ4v) is 5.89. The Labute approximate surface area is 181 Å². The minimum absolute atomic E-state index is 0.0518. The fraction of sp³-hybridized carbons (Fsp3) is 0.450. The van der Waals surface area contributed by atoms with E-state index in [0.29, 0.717) is 17.5 Å². The number of ether oxygens (including phenoxy) is 1. The second-order valence-electron chi connectivity index (χ2n) is 8.24. The van der Waals surface area contributed by atoms with Crippen LogP contribution in [0.25, 0.3) is 5.65 Å². The van der Waals surface area contributed by atoms with Crippen molar-refractivity contribution < 1.29 is 14.1 Å². The summed E-state index contributed by atoms with van der Waals surface area (Å²) < 4.78 is 17.6. The first-order valence-electron chi connectivity index (χ1n) is 10.2. The third-order valence-electron chi connectivity index (χ3n) is 5.86. The van der Waals surface area contributed by atoms with E-state index in [2.05, 4.69) is 20.4 Å². The minimum Gasteiger partial charge on any atom is -0.444 e. The van der Waals surface area contributed by atoms with Crippen LogP contribution < -0.4 is 10.2 Å². The van der Waals surface area contributed by atoms with Gasteiger partial charge in [-0.1, -0.05) is 0 Å². The lowest BCUT2D eigenvalue weighted by atomic mass is 10.1. The number of cyclic esters (lactones) is 1. The summed E-state index contributed by atoms with van der Waals surface area (Å²) in [5.41, 5.74) is 3.32. The monoisotopic (exact) mass is 443 g/mol. The Morgan fingerprint density at radius 1 is 1.29 bits per heavy atom. The van der Waals surface area contributed by atoms with Crippen LogP contribution in [0, 0.1) is 6.92 Å². The van der Waals surface area contributed by atoms with Gasteiger partial charge in [-0.25, -0.2) is 19.3 Å². The van der Waals surface area contributed by atoms with Gasteiger partial charge in [-0.3, -0.25) is 4.90 Å². The van der Waals surface area contributed by atoms with Crippen LogP contribution in [0.4, 0.5) is 22.2 Å². The van der Waals surface area contributed by atoms with Crippen molar-refractivity contribution in [1.29, 1.82) is 0 Å². The van der Waals surface area contributed by atoms with E-state index in [9.17, 15) is 9.35 Å². The molecule has 164 valence electrons. The zero-order valence-corrected chi connectivity index (χ0v) is 18.3. The van der Waals surface area contributed by atoms with Crippen LogP contribution in [0.3, 0.4) is 0 Å². The molecule has 11 heteroatoms. The average molecular weight is 444 g/mol. The van der Waals surface area contributed by atoms with E-state index in [0.717, 1.165) is 47.5 Å². The maximum Gasteiger partial charge on any atom is 0.416 e. The predicted molar refractivity (Wildman–Crippen MR) is 119 cm³/mol. The lowest BCUT2D eigenvalue weighted by Crippen LogP contribution is -2.44. The predicted octanol–water partition coefficient (Wildman–Crippen LogP) is 3.49. The average Bonchev–Trinajstić information content (AvgIpc) is 3.10. The molecule has 1 fully saturated rings. The second-order valence-corrected chi connectivity index (χ2v) is 11.5. The van der Waals surface area contributed by atoms with Crippen molar-refractivity contribution in [2.75, 3.05) is 28.0 Å². The zero-order chi connectivity index (χ0) is 21.6. The van der Waals surface area contributed by atoms with Crippen molar-refractivity contribution in [2.24, 2.45) is 0 Å². The first-order valence-corrected chi connectivity index (χ1v) is 12.6. The maximum atomic E-state index is 12.7. The molecule has 0 bridgehead atoms. The lowest BCUT2D eigenvalue weighted by molar-refractivity contribution is 0.137. The molecule has 1 amide bonds. The Kier molecular flexibility index (Phi) is 4.94. The first kappa shape index (κ1) is 20.0. The third-order valence-corrected chi connectivity index (χ3v) is 8.15. The second kappa shape index (κ2) is 7.65. The van der Waals surface area contributed by atoms with Crippen LogP contribution in [-0.2, 0) is 11.3 Å². The number of fused-ring (bicyclic) bond motifs is 2. The Bertz CT molecular complexity index is 1150. The first-order chi connectivity index (χ1) is 14.9. The molecule has 10 nitrogen and oxygen atoms in total. The summed E-state index contributed by atoms with van der Waals surface area (Å²) in [5, 5.41) is 7.42. The largest absolute Gasteiger partial charge is 0.444 e. The molecule has 0 spiro atoms. The number of pyridine rings is 1. The molecular weight excluding hydrogens is 418 g/mol. The number of carbonyl (C=O) groups is 1. The minimum atomic E-state index is -1.59. The number of aromatic nitrogens is 5. The Balaban J connectivity index is 1.46. The van der Waals surface area contributed by atoms with Crippen molar-refractivity contribution in [3.05, 3.63) is 35.9 Å². The molecule has 3 aromatic rings. The molecular formula is C20H25N7O3S. The Morgan fingerprint density at radius 2 is 2.16 bits per heavy atom. The van der Waals surface area contributed by atoms with E-state index in [-0.39, 0.29) is 18.7 Å². The summed E-state index contributed by atoms with van der Waals surface area (Å²) in [6.07, 6.45) is 9.00. The number of nitrogens with zero attached hydrogens (tertiary/aromatic N) is 6. The molecule has 0 radical (unpaired) electrons. The highest BCUT2D eigenvalue weighted by Crippen LogP contribution is 2.45. The number of hydrogen-bond donors (Lipinski definition) is 2. The Hall–Kier alpha value is -2.92. The summed E-state index contributed by atoms with van der Waals surface area (Å²) in [6, 6.07) is 1.88. The number of hydrogen-bond acceptors (Lipinski definition) is 8. The molecule has 5 heterocycles. The highest BCUT2D eigenvalue weighted by Gasteiger charge is 2.36. The number of carbonyl (C=O) groups excluding carboxylic acids is 1. The summed E-state index contributed by atoms with van der Waals surface area (Å²) in [4.78, 5) is 27.7. The lowest BCUT2D eigenvalue weighted by Gasteiger charge is -2.34. The van der Waals surface area contributed by atoms with E-state index < -0.39 is 10.3 Å². The van der Waals surface area contributed by atoms with Gasteiger partial charge in [-0.15, -0.1) is 10.3 Å². The van der Waals surface area contributed by atoms with Gasteiger partial charge < -0.3 is 14.6 Å². The summed E-state index contributed by atoms with van der Waals surface area (Å²) >= 11 is 0. The van der Waals surface area contributed by atoms with E-state index in [1.165, 1.54) is 6.33 Å². The highest BCUT2D eigenvalue weighted by atomic mass is 32.3. The van der Waals surface area contributed by atoms with Crippen LogP contribution in [-0.4, -0.2) is 59.0 Å². The quantitative estimate of drug-likeness (QED) is 0.632. The van der Waals surface area contributed by atoms with Crippen LogP contribution in [0.1, 0.15) is 30.4 Å². The van der Waals surface area contributed by atoms with Gasteiger partial charge in [0.2, 0.25) is 5.95 Å². The number of amides is 1. The summed E-state index contributed by atoms with van der Waals surface area (Å²) in [7, 11) is -1.59. The van der Waals surface area contributed by atoms with E-state index in [4.69, 9.17) is 9.72 Å². The number of anilines is 3. The van der Waals surface area contributed by atoms with E-state index in [1.54, 1.807) is 15.6 Å². The van der Waals surface area contributed by atoms with Gasteiger partial charge in [0.25, 0.3) is 0 Å². The van der Waals surface area contributed by atoms with Gasteiger partial charge in [0, 0.05) is 18.0 Å². The smallest absolute Gasteiger partial charge is 0.416 e. The van der Waals surface area contributed by atoms with Gasteiger partial charge >= 0.3 is 6.09 Å². The normalized spacial score (nSPS) is 26.0. The topological polar surface area (TPSA) is 118 Å². The van der Waals surface area contributed by atoms with Gasteiger partial charge in [0.1, 0.15) is 12.9 Å². The van der Waals surface area contributed by atoms with Gasteiger partial charge in [-0.05, 0) is 49.8 Å². The molecule has 2 unspecified atom stereocenters. The zero-order valence-electron chi connectivity index (χ0n) is 17.5. The van der Waals surface area contributed by atoms with E-state index >= 15 is 0 Å². The van der Waals surface area contributed by atoms with Gasteiger partial charge in [0.05, 0.1) is 17.4 Å². The van der Waals surface area contributed by atoms with Crippen molar-refractivity contribution in [1.82, 2.24) is 24.6 Å². The number of nitrogens with one attached hydrogen (secondary N) is 1. The molecule has 0 saturated carbocycles. The van der Waals surface area contributed by atoms with Gasteiger partial charge in [0.15, 0.2) is 11.5 Å². The number of aryl methyl sites for hydroxylation is 1. The molecule has 2 N–H and O–H groups in total. The standard InChI is InChI=1S/C20H25N7O3S/c1-13-8-17-22-12-23-26(17)10-16(13)24-19-21-9-14-11-30-20(28)27(18(14)25-19)15-4-3-6-31(2,29)7-5-15/h8-10,12,15,29H,3-7,11H2,1-2H3,(H,21,24,25). The molecule has 2 atom stereocenters. The maximum absolute atomic E-state index is 12.7. The molecule has 5 rings (SSSR count). The molecule has 2 aliphatic rings. The SMILES string of the molecule is Cc1cc2ncnn2cc1Nc1ncc2c(n1)N(C1CCCS(C)(O)CC1)C(=O)OC2. The van der Waals surface area contributed by atoms with Crippen molar-refractivity contribution in [3.63, 3.8) is 0 Å². The molecule has 0 aromatic carbocycles. The summed E-state index contributed by atoms with van der Waals surface area (Å²) in [6.45, 7) is 2.13. The summed E-state index contributed by atoms with van der Waals surface area (Å²) in [5.74, 6) is 2.49. The highest BCUT2D eigenvalue weighted by molar-refractivity contribution is 8.28. The van der Waals surface area contributed by atoms with Crippen molar-refractivity contribution >= 4 is 39.5 Å². The van der Waals surface area contributed by atoms with Crippen molar-refractivity contribution in [3.8, 4) is 0 Å². The number of rotatable bonds is 3. The Morgan fingerprint density at radius 3 is 3.03 bits per heavy atom. The molecule has 2 aliphatic heterocycles. The van der Waals surface area contributed by atoms with E-state index in [1.807, 2.05) is 25.4 Å². The molecule has 31 heavy (non-hydrogen) atoms. The molecule has 0 aliphatic carbocycles. The molecule has 3 aromatic heterocycles. The van der Waals surface area contributed by atoms with Crippen molar-refractivity contribution in [2.45, 2.75) is 38.8 Å². The van der Waals surface area contributed by atoms with Crippen LogP contribution >= 0.6 is 10.3 Å². The van der Waals surface area contributed by atoms with Crippen LogP contribution in [0.5, 0.6) is 0 Å². The van der Waals surface area contributed by atoms with Gasteiger partial charge in [-0.2, -0.15) is 10.1 Å². The third kappa shape index (κ3) is 3.90. The fourth-order valence-electron chi connectivity index (χ4n) is 4.12. The van der Waals surface area contributed by atoms with Crippen LogP contribution in [0.15, 0.2) is 24.8 Å². The van der Waals surface area contributed by atoms with Crippen LogP contribution in [0.2, 0.25) is 0 Å². The molecule has 1 saturated heterocycles.